The molecule has 2 aliphatic heterocycles. The molecule has 2 N–H and O–H groups in total. The number of nitrogens with one attached hydrogen (secondary N) is 1. The van der Waals surface area contributed by atoms with Gasteiger partial charge in [-0.3, -0.25) is 0 Å². The molecule has 2 fully saturated rings. The maximum atomic E-state index is 11.7. The molecule has 35 heavy (non-hydrogen) atoms. The van der Waals surface area contributed by atoms with Crippen molar-refractivity contribution in [2.75, 3.05) is 19.7 Å². The van der Waals surface area contributed by atoms with E-state index in [4.69, 9.17) is 9.47 Å². The SMILES string of the molecule is Cl.O=C(O)c1ccc2c(C3CCCCC3)c3n(c2c1)CCOc1cc(OC2CCCNC2)ccc1-3. The minimum Gasteiger partial charge on any atom is -0.491 e. The van der Waals surface area contributed by atoms with Crippen LogP contribution < -0.4 is 14.8 Å². The van der Waals surface area contributed by atoms with Crippen LogP contribution in [0.3, 0.4) is 0 Å². The van der Waals surface area contributed by atoms with Crippen molar-refractivity contribution >= 4 is 29.3 Å². The van der Waals surface area contributed by atoms with Gasteiger partial charge in [0.1, 0.15) is 24.2 Å². The Morgan fingerprint density at radius 3 is 2.69 bits per heavy atom. The minimum absolute atomic E-state index is 0. The molecule has 1 aliphatic carbocycles. The van der Waals surface area contributed by atoms with Gasteiger partial charge in [0.25, 0.3) is 0 Å². The first-order valence-corrected chi connectivity index (χ1v) is 12.7. The fourth-order valence-corrected chi connectivity index (χ4v) is 6.09. The van der Waals surface area contributed by atoms with Crippen LogP contribution >= 0.6 is 12.4 Å². The summed E-state index contributed by atoms with van der Waals surface area (Å²) in [6.07, 6.45) is 8.54. The Morgan fingerprint density at radius 2 is 1.91 bits per heavy atom. The molecule has 0 radical (unpaired) electrons. The first-order chi connectivity index (χ1) is 16.7. The average molecular weight is 497 g/mol. The molecule has 1 saturated carbocycles. The minimum atomic E-state index is -0.888. The molecule has 0 spiro atoms. The molecule has 1 aromatic heterocycles. The summed E-state index contributed by atoms with van der Waals surface area (Å²) in [5.74, 6) is 1.31. The molecular formula is C28H33ClN2O4. The Morgan fingerprint density at radius 1 is 1.06 bits per heavy atom. The predicted octanol–water partition coefficient (Wildman–Crippen LogP) is 6.00. The van der Waals surface area contributed by atoms with Gasteiger partial charge in [0.15, 0.2) is 0 Å². The van der Waals surface area contributed by atoms with E-state index in [9.17, 15) is 9.90 Å². The Kier molecular flexibility index (Phi) is 6.94. The second-order valence-corrected chi connectivity index (χ2v) is 9.88. The summed E-state index contributed by atoms with van der Waals surface area (Å²) in [6.45, 7) is 3.17. The number of halogens is 1. The normalized spacial score (nSPS) is 20.2. The number of benzene rings is 2. The van der Waals surface area contributed by atoms with Crippen molar-refractivity contribution in [3.8, 4) is 22.8 Å². The highest BCUT2D eigenvalue weighted by atomic mass is 35.5. The van der Waals surface area contributed by atoms with E-state index in [1.807, 2.05) is 18.2 Å². The molecule has 6 rings (SSSR count). The van der Waals surface area contributed by atoms with Gasteiger partial charge in [-0.15, -0.1) is 12.4 Å². The molecule has 1 unspecified atom stereocenters. The van der Waals surface area contributed by atoms with Crippen molar-refractivity contribution < 1.29 is 19.4 Å². The fourth-order valence-electron chi connectivity index (χ4n) is 6.09. The second kappa shape index (κ2) is 10.1. The predicted molar refractivity (Wildman–Crippen MR) is 139 cm³/mol. The van der Waals surface area contributed by atoms with Gasteiger partial charge in [0.05, 0.1) is 17.8 Å². The lowest BCUT2D eigenvalue weighted by Crippen LogP contribution is -2.37. The third-order valence-electron chi connectivity index (χ3n) is 7.70. The number of carbonyl (C=O) groups is 1. The van der Waals surface area contributed by atoms with E-state index in [0.29, 0.717) is 24.6 Å². The Labute approximate surface area is 212 Å². The topological polar surface area (TPSA) is 72.7 Å². The monoisotopic (exact) mass is 496 g/mol. The van der Waals surface area contributed by atoms with Crippen molar-refractivity contribution in [2.45, 2.75) is 63.5 Å². The standard InChI is InChI=1S/C28H32N2O4.ClH/c31-28(32)19-8-10-22-24(15-19)30-13-14-33-25-16-20(34-21-7-4-12-29-17-21)9-11-23(25)27(30)26(22)18-5-2-1-3-6-18;/h8-11,15-16,18,21,29H,1-7,12-14,17H2,(H,31,32);1H. The van der Waals surface area contributed by atoms with Crippen LogP contribution in [-0.2, 0) is 6.54 Å². The van der Waals surface area contributed by atoms with Crippen molar-refractivity contribution in [1.82, 2.24) is 9.88 Å². The van der Waals surface area contributed by atoms with Crippen molar-refractivity contribution in [1.29, 1.82) is 0 Å². The fraction of sp³-hybridized carbons (Fsp3) is 0.464. The Balaban J connectivity index is 0.00000253. The zero-order chi connectivity index (χ0) is 23.1. The van der Waals surface area contributed by atoms with Gasteiger partial charge in [0, 0.05) is 29.1 Å². The van der Waals surface area contributed by atoms with Crippen molar-refractivity contribution in [2.24, 2.45) is 0 Å². The third-order valence-corrected chi connectivity index (χ3v) is 7.70. The van der Waals surface area contributed by atoms with Gasteiger partial charge < -0.3 is 24.5 Å². The van der Waals surface area contributed by atoms with Crippen LogP contribution in [0.5, 0.6) is 11.5 Å². The van der Waals surface area contributed by atoms with Crippen LogP contribution in [0.4, 0.5) is 0 Å². The number of carboxylic acids is 1. The highest BCUT2D eigenvalue weighted by Crippen LogP contribution is 2.47. The molecule has 1 atom stereocenters. The lowest BCUT2D eigenvalue weighted by Gasteiger charge is -2.25. The van der Waals surface area contributed by atoms with E-state index in [2.05, 4.69) is 22.0 Å². The van der Waals surface area contributed by atoms with Gasteiger partial charge in [-0.05, 0) is 68.0 Å². The maximum Gasteiger partial charge on any atom is 0.335 e. The number of piperidine rings is 1. The van der Waals surface area contributed by atoms with Gasteiger partial charge in [0.2, 0.25) is 0 Å². The van der Waals surface area contributed by atoms with Crippen LogP contribution in [0.1, 0.15) is 66.8 Å². The zero-order valence-corrected chi connectivity index (χ0v) is 20.7. The summed E-state index contributed by atoms with van der Waals surface area (Å²) in [7, 11) is 0. The van der Waals surface area contributed by atoms with E-state index >= 15 is 0 Å². The van der Waals surface area contributed by atoms with Crippen molar-refractivity contribution in [3.05, 3.63) is 47.5 Å². The summed E-state index contributed by atoms with van der Waals surface area (Å²) < 4.78 is 14.8. The largest absolute Gasteiger partial charge is 0.491 e. The number of aromatic nitrogens is 1. The van der Waals surface area contributed by atoms with Crippen LogP contribution in [0.25, 0.3) is 22.2 Å². The number of rotatable bonds is 4. The smallest absolute Gasteiger partial charge is 0.335 e. The molecule has 186 valence electrons. The molecule has 0 amide bonds. The molecule has 7 heteroatoms. The number of hydrogen-bond donors (Lipinski definition) is 2. The number of fused-ring (bicyclic) bond motifs is 5. The number of aromatic carboxylic acids is 1. The zero-order valence-electron chi connectivity index (χ0n) is 19.9. The van der Waals surface area contributed by atoms with Gasteiger partial charge in [-0.25, -0.2) is 4.79 Å². The van der Waals surface area contributed by atoms with Gasteiger partial charge >= 0.3 is 5.97 Å². The van der Waals surface area contributed by atoms with Gasteiger partial charge in [-0.2, -0.15) is 0 Å². The first kappa shape index (κ1) is 24.0. The summed E-state index contributed by atoms with van der Waals surface area (Å²) in [6, 6.07) is 11.9. The van der Waals surface area contributed by atoms with Crippen molar-refractivity contribution in [3.63, 3.8) is 0 Å². The molecule has 2 aromatic carbocycles. The van der Waals surface area contributed by atoms with Crippen LogP contribution in [0.15, 0.2) is 36.4 Å². The lowest BCUT2D eigenvalue weighted by atomic mass is 9.81. The van der Waals surface area contributed by atoms with E-state index in [-0.39, 0.29) is 18.5 Å². The molecule has 3 heterocycles. The summed E-state index contributed by atoms with van der Waals surface area (Å²) >= 11 is 0. The number of hydrogen-bond acceptors (Lipinski definition) is 4. The highest BCUT2D eigenvalue weighted by molar-refractivity contribution is 5.98. The molecular weight excluding hydrogens is 464 g/mol. The second-order valence-electron chi connectivity index (χ2n) is 9.88. The van der Waals surface area contributed by atoms with E-state index < -0.39 is 5.97 Å². The number of ether oxygens (including phenoxy) is 2. The van der Waals surface area contributed by atoms with Crippen LogP contribution in [0.2, 0.25) is 0 Å². The molecule has 3 aromatic rings. The molecule has 6 nitrogen and oxygen atoms in total. The maximum absolute atomic E-state index is 11.7. The van der Waals surface area contributed by atoms with E-state index in [1.165, 1.54) is 48.7 Å². The average Bonchev–Trinajstić information content (AvgIpc) is 3.07. The Bertz CT molecular complexity index is 1230. The summed E-state index contributed by atoms with van der Waals surface area (Å²) in [5, 5.41) is 14.2. The quantitative estimate of drug-likeness (QED) is 0.463. The van der Waals surface area contributed by atoms with Crippen LogP contribution in [-0.4, -0.2) is 41.4 Å². The first-order valence-electron chi connectivity index (χ1n) is 12.7. The van der Waals surface area contributed by atoms with Gasteiger partial charge in [-0.1, -0.05) is 25.3 Å². The molecule has 3 aliphatic rings. The number of carboxylic acid groups (broad SMARTS) is 1. The molecule has 0 bridgehead atoms. The third kappa shape index (κ3) is 4.50. The number of nitrogens with zero attached hydrogens (tertiary/aromatic N) is 1. The lowest BCUT2D eigenvalue weighted by molar-refractivity contribution is 0.0697. The van der Waals surface area contributed by atoms with E-state index in [1.54, 1.807) is 6.07 Å². The Hall–Kier alpha value is -2.70. The summed E-state index contributed by atoms with van der Waals surface area (Å²) in [4.78, 5) is 11.7. The van der Waals surface area contributed by atoms with Crippen LogP contribution in [0, 0.1) is 0 Å². The van der Waals surface area contributed by atoms with E-state index in [0.717, 1.165) is 48.5 Å². The molecule has 1 saturated heterocycles. The highest BCUT2D eigenvalue weighted by Gasteiger charge is 2.30. The summed E-state index contributed by atoms with van der Waals surface area (Å²) in [5.41, 5.74) is 4.98.